The number of allylic oxidation sites excluding steroid dienone is 1. The molecule has 11 N–H and O–H groups in total. The molecule has 3 rings (SSSR count). The summed E-state index contributed by atoms with van der Waals surface area (Å²) < 4.78 is 0. The standard InChI is InChI=1S/C24H35N7O2.C2H6/c1-23(2)11-15(12-24(3,4)30-23)31(28)22(27)19(26)10-18(25)17-7-5-14(9-21(17)33)20-8-6-16(32)13-29-20;1-2/h5-10,13,15,27,29-30,32-33H,11-12,25-26,28H2,1-4H3;1-2H3/b18-17-,19-10+,20-14-,27-22?;. The first kappa shape index (κ1) is 27.8. The minimum absolute atomic E-state index is 0.0220. The molecule has 2 aliphatic rings. The summed E-state index contributed by atoms with van der Waals surface area (Å²) in [5, 5.41) is 37.5. The van der Waals surface area contributed by atoms with E-state index in [-0.39, 0.29) is 45.9 Å². The van der Waals surface area contributed by atoms with Gasteiger partial charge in [-0.05, 0) is 70.9 Å². The van der Waals surface area contributed by atoms with Crippen LogP contribution in [0.3, 0.4) is 0 Å². The van der Waals surface area contributed by atoms with E-state index in [1.165, 1.54) is 17.3 Å². The zero-order chi connectivity index (χ0) is 26.6. The van der Waals surface area contributed by atoms with Gasteiger partial charge in [-0.2, -0.15) is 0 Å². The highest BCUT2D eigenvalue weighted by Crippen LogP contribution is 2.30. The Kier molecular flexibility index (Phi) is 8.64. The first-order valence-electron chi connectivity index (χ1n) is 11.8. The smallest absolute Gasteiger partial charge is 0.158 e. The molecule has 0 saturated carbocycles. The summed E-state index contributed by atoms with van der Waals surface area (Å²) in [5.41, 5.74) is 13.2. The van der Waals surface area contributed by atoms with Crippen LogP contribution in [0.4, 0.5) is 0 Å². The molecular weight excluding hydrogens is 442 g/mol. The van der Waals surface area contributed by atoms with Crippen LogP contribution in [0.2, 0.25) is 0 Å². The maximum Gasteiger partial charge on any atom is 0.158 e. The number of piperidine rings is 1. The van der Waals surface area contributed by atoms with Gasteiger partial charge >= 0.3 is 0 Å². The van der Waals surface area contributed by atoms with Crippen molar-refractivity contribution < 1.29 is 10.2 Å². The number of aliphatic hydroxyl groups excluding tert-OH is 1. The monoisotopic (exact) mass is 483 g/mol. The number of aromatic hydroxyl groups is 1. The Morgan fingerprint density at radius 1 is 1.09 bits per heavy atom. The molecule has 1 saturated heterocycles. The lowest BCUT2D eigenvalue weighted by molar-refractivity contribution is 0.103. The van der Waals surface area contributed by atoms with Crippen molar-refractivity contribution in [1.82, 2.24) is 15.6 Å². The van der Waals surface area contributed by atoms with Crippen LogP contribution in [0.1, 0.15) is 54.4 Å². The maximum atomic E-state index is 10.5. The first-order chi connectivity index (χ1) is 16.3. The Hall–Kier alpha value is -3.43. The lowest BCUT2D eigenvalue weighted by atomic mass is 9.79. The summed E-state index contributed by atoms with van der Waals surface area (Å²) in [6.45, 7) is 12.5. The zero-order valence-electron chi connectivity index (χ0n) is 21.6. The van der Waals surface area contributed by atoms with Crippen LogP contribution >= 0.6 is 0 Å². The van der Waals surface area contributed by atoms with E-state index >= 15 is 0 Å². The molecule has 0 radical (unpaired) electrons. The van der Waals surface area contributed by atoms with Crippen molar-refractivity contribution in [3.63, 3.8) is 0 Å². The van der Waals surface area contributed by atoms with E-state index in [0.29, 0.717) is 5.22 Å². The summed E-state index contributed by atoms with van der Waals surface area (Å²) in [4.78, 5) is 0. The van der Waals surface area contributed by atoms with Gasteiger partial charge in [-0.1, -0.05) is 19.9 Å². The predicted molar refractivity (Wildman–Crippen MR) is 143 cm³/mol. The van der Waals surface area contributed by atoms with Gasteiger partial charge in [0.05, 0.1) is 11.7 Å². The fourth-order valence-electron chi connectivity index (χ4n) is 4.65. The van der Waals surface area contributed by atoms with Gasteiger partial charge in [-0.15, -0.1) is 0 Å². The summed E-state index contributed by atoms with van der Waals surface area (Å²) in [6, 6.07) is 4.96. The Morgan fingerprint density at radius 3 is 2.20 bits per heavy atom. The van der Waals surface area contributed by atoms with E-state index in [0.717, 1.165) is 23.8 Å². The van der Waals surface area contributed by atoms with Crippen LogP contribution in [0.25, 0.3) is 11.4 Å². The molecule has 35 heavy (non-hydrogen) atoms. The summed E-state index contributed by atoms with van der Waals surface area (Å²) >= 11 is 0. The van der Waals surface area contributed by atoms with E-state index in [1.807, 2.05) is 13.8 Å². The second kappa shape index (κ2) is 10.9. The van der Waals surface area contributed by atoms with Gasteiger partial charge in [-0.3, -0.25) is 10.4 Å². The number of hydrazine groups is 1. The van der Waals surface area contributed by atoms with Crippen molar-refractivity contribution in [3.05, 3.63) is 64.5 Å². The minimum atomic E-state index is -0.129. The fraction of sp³-hybridized carbons (Fsp3) is 0.423. The topological polar surface area (TPSA) is 170 Å². The molecule has 1 aromatic rings. The number of benzene rings is 1. The Bertz CT molecular complexity index is 1150. The number of nitrogens with one attached hydrogen (secondary N) is 3. The minimum Gasteiger partial charge on any atom is -0.507 e. The van der Waals surface area contributed by atoms with Gasteiger partial charge in [0.2, 0.25) is 0 Å². The molecular formula is C26H41N7O2. The molecule has 9 heteroatoms. The van der Waals surface area contributed by atoms with E-state index in [4.69, 9.17) is 22.7 Å². The van der Waals surface area contributed by atoms with Crippen molar-refractivity contribution >= 4 is 17.2 Å². The quantitative estimate of drug-likeness (QED) is 0.138. The van der Waals surface area contributed by atoms with Crippen molar-refractivity contribution in [2.75, 3.05) is 0 Å². The Balaban J connectivity index is 0.00000210. The Labute approximate surface area is 207 Å². The van der Waals surface area contributed by atoms with Crippen LogP contribution in [0, 0.1) is 5.41 Å². The average Bonchev–Trinajstić information content (AvgIpc) is 2.77. The second-order valence-corrected chi connectivity index (χ2v) is 9.96. The summed E-state index contributed by atoms with van der Waals surface area (Å²) in [5.74, 6) is 6.37. The molecule has 0 unspecified atom stereocenters. The van der Waals surface area contributed by atoms with E-state index < -0.39 is 0 Å². The lowest BCUT2D eigenvalue weighted by Gasteiger charge is -2.49. The fourth-order valence-corrected chi connectivity index (χ4v) is 4.65. The van der Waals surface area contributed by atoms with Crippen LogP contribution in [-0.4, -0.2) is 38.2 Å². The van der Waals surface area contributed by atoms with Crippen molar-refractivity contribution in [2.24, 2.45) is 17.3 Å². The third kappa shape index (κ3) is 7.03. The number of aliphatic hydroxyl groups is 1. The normalized spacial score (nSPS) is 21.7. The molecule has 2 aliphatic heterocycles. The van der Waals surface area contributed by atoms with Gasteiger partial charge in [-0.25, -0.2) is 5.84 Å². The molecule has 1 aromatic carbocycles. The maximum absolute atomic E-state index is 10.5. The highest BCUT2D eigenvalue weighted by atomic mass is 16.3. The van der Waals surface area contributed by atoms with Crippen LogP contribution in [0.15, 0.2) is 54.1 Å². The number of dihydropyridines is 1. The number of amidine groups is 1. The van der Waals surface area contributed by atoms with E-state index in [9.17, 15) is 10.2 Å². The van der Waals surface area contributed by atoms with Gasteiger partial charge in [0, 0.05) is 39.1 Å². The molecule has 0 amide bonds. The van der Waals surface area contributed by atoms with E-state index in [2.05, 4.69) is 38.3 Å². The number of nitrogens with zero attached hydrogens (tertiary/aromatic N) is 1. The number of rotatable bonds is 3. The lowest BCUT2D eigenvalue weighted by Crippen LogP contribution is -2.64. The van der Waals surface area contributed by atoms with Crippen LogP contribution in [0.5, 0.6) is 5.75 Å². The molecule has 192 valence electrons. The SMILES string of the molecule is CC.CC1(C)CC(N(N)C(=N)/C(N)=C\C(N)=c2/cc/c(=C3\C=CC(O)=CN3)cc2O)CC(C)(C)N1. The van der Waals surface area contributed by atoms with Crippen LogP contribution in [-0.2, 0) is 0 Å². The average molecular weight is 484 g/mol. The molecule has 1 fully saturated rings. The molecule has 0 bridgehead atoms. The third-order valence-corrected chi connectivity index (χ3v) is 5.82. The van der Waals surface area contributed by atoms with Gasteiger partial charge < -0.3 is 32.3 Å². The zero-order valence-corrected chi connectivity index (χ0v) is 21.6. The second-order valence-electron chi connectivity index (χ2n) is 9.96. The summed E-state index contributed by atoms with van der Waals surface area (Å²) in [7, 11) is 0. The van der Waals surface area contributed by atoms with Gasteiger partial charge in [0.25, 0.3) is 0 Å². The predicted octanol–water partition coefficient (Wildman–Crippen LogP) is 1.46. The van der Waals surface area contributed by atoms with Crippen molar-refractivity contribution in [3.8, 4) is 5.75 Å². The highest BCUT2D eigenvalue weighted by molar-refractivity contribution is 5.96. The van der Waals surface area contributed by atoms with Gasteiger partial charge in [0.1, 0.15) is 11.5 Å². The number of hydrogen-bond acceptors (Lipinski definition) is 8. The molecule has 0 spiro atoms. The molecule has 2 heterocycles. The first-order valence-corrected chi connectivity index (χ1v) is 11.8. The molecule has 0 atom stereocenters. The third-order valence-electron chi connectivity index (χ3n) is 5.82. The highest BCUT2D eigenvalue weighted by Gasteiger charge is 2.40. The number of hydrogen-bond donors (Lipinski definition) is 8. The van der Waals surface area contributed by atoms with Crippen LogP contribution < -0.4 is 38.4 Å². The van der Waals surface area contributed by atoms with Crippen molar-refractivity contribution in [1.29, 1.82) is 5.41 Å². The summed E-state index contributed by atoms with van der Waals surface area (Å²) in [6.07, 6.45) is 7.68. The largest absolute Gasteiger partial charge is 0.507 e. The molecule has 0 aromatic heterocycles. The molecule has 0 aliphatic carbocycles. The number of phenolic OH excluding ortho intramolecular Hbond substituents is 1. The van der Waals surface area contributed by atoms with Gasteiger partial charge in [0.15, 0.2) is 5.84 Å². The molecule has 9 nitrogen and oxygen atoms in total. The number of phenols is 1. The van der Waals surface area contributed by atoms with Crippen molar-refractivity contribution in [2.45, 2.75) is 71.5 Å². The Morgan fingerprint density at radius 2 is 1.69 bits per heavy atom. The number of nitrogens with two attached hydrogens (primary N) is 3. The van der Waals surface area contributed by atoms with E-state index in [1.54, 1.807) is 30.4 Å².